The zero-order chi connectivity index (χ0) is 13.1. The summed E-state index contributed by atoms with van der Waals surface area (Å²) < 4.78 is 13.4. The molecule has 0 amide bonds. The first-order chi connectivity index (χ1) is 8.54. The Kier molecular flexibility index (Phi) is 3.63. The average molecular weight is 265 g/mol. The van der Waals surface area contributed by atoms with E-state index in [1.807, 2.05) is 0 Å². The summed E-state index contributed by atoms with van der Waals surface area (Å²) in [6, 6.07) is 11.2. The number of aliphatic carboxylic acids is 1. The van der Waals surface area contributed by atoms with Crippen molar-refractivity contribution in [1.29, 1.82) is 0 Å². The summed E-state index contributed by atoms with van der Waals surface area (Å²) in [6.45, 7) is 0. The van der Waals surface area contributed by atoms with Gasteiger partial charge in [-0.2, -0.15) is 0 Å². The summed E-state index contributed by atoms with van der Waals surface area (Å²) in [4.78, 5) is 10.6. The number of benzene rings is 2. The van der Waals surface area contributed by atoms with Crippen LogP contribution in [0, 0.1) is 5.82 Å². The van der Waals surface area contributed by atoms with Gasteiger partial charge in [0, 0.05) is 5.02 Å². The minimum absolute atomic E-state index is 0.196. The molecule has 2 nitrogen and oxygen atoms in total. The molecule has 0 atom stereocenters. The zero-order valence-corrected chi connectivity index (χ0v) is 10.1. The van der Waals surface area contributed by atoms with Crippen molar-refractivity contribution < 1.29 is 14.3 Å². The predicted octanol–water partition coefficient (Wildman–Crippen LogP) is 3.77. The molecule has 2 aromatic carbocycles. The van der Waals surface area contributed by atoms with Crippen LogP contribution in [0.5, 0.6) is 0 Å². The van der Waals surface area contributed by atoms with Crippen molar-refractivity contribution in [3.05, 3.63) is 58.9 Å². The van der Waals surface area contributed by atoms with E-state index in [0.717, 1.165) is 5.56 Å². The van der Waals surface area contributed by atoms with Crippen molar-refractivity contribution in [3.63, 3.8) is 0 Å². The van der Waals surface area contributed by atoms with Crippen LogP contribution in [0.1, 0.15) is 5.56 Å². The Balaban J connectivity index is 2.41. The quantitative estimate of drug-likeness (QED) is 0.916. The van der Waals surface area contributed by atoms with Gasteiger partial charge in [-0.1, -0.05) is 29.8 Å². The van der Waals surface area contributed by atoms with Gasteiger partial charge in [0.15, 0.2) is 0 Å². The van der Waals surface area contributed by atoms with E-state index < -0.39 is 11.8 Å². The van der Waals surface area contributed by atoms with Crippen molar-refractivity contribution in [2.24, 2.45) is 0 Å². The highest BCUT2D eigenvalue weighted by molar-refractivity contribution is 6.30. The standard InChI is InChI=1S/C14H10ClFO2/c15-12-3-1-10(2-4-12)11-5-9(7-14(17)18)6-13(16)8-11/h1-6,8H,7H2,(H,17,18). The second kappa shape index (κ2) is 5.19. The topological polar surface area (TPSA) is 37.3 Å². The number of hydrogen-bond acceptors (Lipinski definition) is 1. The Bertz CT molecular complexity index is 579. The Hall–Kier alpha value is -1.87. The fourth-order valence-electron chi connectivity index (χ4n) is 1.74. The molecule has 0 saturated carbocycles. The molecule has 0 heterocycles. The number of carbonyl (C=O) groups is 1. The van der Waals surface area contributed by atoms with E-state index in [9.17, 15) is 9.18 Å². The predicted molar refractivity (Wildman–Crippen MR) is 68.2 cm³/mol. The van der Waals surface area contributed by atoms with Crippen LogP contribution in [0.15, 0.2) is 42.5 Å². The summed E-state index contributed by atoms with van der Waals surface area (Å²) in [6.07, 6.45) is -0.196. The van der Waals surface area contributed by atoms with Crippen LogP contribution in [0.2, 0.25) is 5.02 Å². The van der Waals surface area contributed by atoms with E-state index in [1.165, 1.54) is 12.1 Å². The van der Waals surface area contributed by atoms with Crippen LogP contribution in [-0.2, 0) is 11.2 Å². The first-order valence-electron chi connectivity index (χ1n) is 5.32. The minimum Gasteiger partial charge on any atom is -0.481 e. The maximum Gasteiger partial charge on any atom is 0.307 e. The first kappa shape index (κ1) is 12.6. The van der Waals surface area contributed by atoms with Gasteiger partial charge in [0.2, 0.25) is 0 Å². The van der Waals surface area contributed by atoms with Crippen LogP contribution in [-0.4, -0.2) is 11.1 Å². The van der Waals surface area contributed by atoms with E-state index >= 15 is 0 Å². The van der Waals surface area contributed by atoms with E-state index in [4.69, 9.17) is 16.7 Å². The molecule has 2 aromatic rings. The van der Waals surface area contributed by atoms with Crippen molar-refractivity contribution in [2.45, 2.75) is 6.42 Å². The largest absolute Gasteiger partial charge is 0.481 e. The van der Waals surface area contributed by atoms with Crippen molar-refractivity contribution in [2.75, 3.05) is 0 Å². The van der Waals surface area contributed by atoms with E-state index in [2.05, 4.69) is 0 Å². The third kappa shape index (κ3) is 3.08. The number of halogens is 2. The molecule has 0 spiro atoms. The highest BCUT2D eigenvalue weighted by atomic mass is 35.5. The normalized spacial score (nSPS) is 10.3. The van der Waals surface area contributed by atoms with E-state index in [-0.39, 0.29) is 6.42 Å². The van der Waals surface area contributed by atoms with E-state index in [1.54, 1.807) is 30.3 Å². The molecule has 0 aliphatic rings. The molecule has 2 rings (SSSR count). The third-order valence-corrected chi connectivity index (χ3v) is 2.74. The molecular formula is C14H10ClFO2. The second-order valence-electron chi connectivity index (χ2n) is 3.93. The van der Waals surface area contributed by atoms with Gasteiger partial charge in [0.25, 0.3) is 0 Å². The smallest absolute Gasteiger partial charge is 0.307 e. The Labute approximate surface area is 109 Å². The molecular weight excluding hydrogens is 255 g/mol. The van der Waals surface area contributed by atoms with E-state index in [0.29, 0.717) is 16.1 Å². The third-order valence-electron chi connectivity index (χ3n) is 2.49. The molecule has 0 unspecified atom stereocenters. The summed E-state index contributed by atoms with van der Waals surface area (Å²) in [5.41, 5.74) is 1.88. The molecule has 0 bridgehead atoms. The molecule has 92 valence electrons. The Morgan fingerprint density at radius 3 is 2.39 bits per heavy atom. The molecule has 0 saturated heterocycles. The SMILES string of the molecule is O=C(O)Cc1cc(F)cc(-c2ccc(Cl)cc2)c1. The van der Waals surface area contributed by atoms with Crippen LogP contribution >= 0.6 is 11.6 Å². The number of rotatable bonds is 3. The second-order valence-corrected chi connectivity index (χ2v) is 4.36. The number of hydrogen-bond donors (Lipinski definition) is 1. The van der Waals surface area contributed by atoms with Gasteiger partial charge >= 0.3 is 5.97 Å². The summed E-state index contributed by atoms with van der Waals surface area (Å²) in [7, 11) is 0. The molecule has 18 heavy (non-hydrogen) atoms. The molecule has 4 heteroatoms. The molecule has 0 aromatic heterocycles. The number of carboxylic acid groups (broad SMARTS) is 1. The average Bonchev–Trinajstić information content (AvgIpc) is 2.28. The first-order valence-corrected chi connectivity index (χ1v) is 5.69. The molecule has 0 radical (unpaired) electrons. The van der Waals surface area contributed by atoms with Crippen LogP contribution in [0.25, 0.3) is 11.1 Å². The van der Waals surface area contributed by atoms with Gasteiger partial charge in [0.1, 0.15) is 5.82 Å². The van der Waals surface area contributed by atoms with Gasteiger partial charge in [0.05, 0.1) is 6.42 Å². The molecule has 0 aliphatic heterocycles. The van der Waals surface area contributed by atoms with Gasteiger partial charge in [-0.25, -0.2) is 4.39 Å². The maximum atomic E-state index is 13.4. The Morgan fingerprint density at radius 2 is 1.78 bits per heavy atom. The monoisotopic (exact) mass is 264 g/mol. The molecule has 1 N–H and O–H groups in total. The lowest BCUT2D eigenvalue weighted by molar-refractivity contribution is -0.136. The lowest BCUT2D eigenvalue weighted by Crippen LogP contribution is -2.00. The molecule has 0 fully saturated rings. The molecule has 0 aliphatic carbocycles. The van der Waals surface area contributed by atoms with Crippen LogP contribution < -0.4 is 0 Å². The fourth-order valence-corrected chi connectivity index (χ4v) is 1.86. The Morgan fingerprint density at radius 1 is 1.11 bits per heavy atom. The lowest BCUT2D eigenvalue weighted by atomic mass is 10.0. The van der Waals surface area contributed by atoms with Crippen molar-refractivity contribution in [1.82, 2.24) is 0 Å². The maximum absolute atomic E-state index is 13.4. The van der Waals surface area contributed by atoms with Gasteiger partial charge in [-0.05, 0) is 41.0 Å². The van der Waals surface area contributed by atoms with Gasteiger partial charge in [-0.15, -0.1) is 0 Å². The van der Waals surface area contributed by atoms with Crippen molar-refractivity contribution >= 4 is 17.6 Å². The fraction of sp³-hybridized carbons (Fsp3) is 0.0714. The van der Waals surface area contributed by atoms with Crippen LogP contribution in [0.3, 0.4) is 0 Å². The summed E-state index contributed by atoms with van der Waals surface area (Å²) in [5.74, 6) is -1.43. The minimum atomic E-state index is -0.984. The summed E-state index contributed by atoms with van der Waals surface area (Å²) >= 11 is 5.78. The highest BCUT2D eigenvalue weighted by Crippen LogP contribution is 2.24. The number of carboxylic acids is 1. The highest BCUT2D eigenvalue weighted by Gasteiger charge is 2.06. The lowest BCUT2D eigenvalue weighted by Gasteiger charge is -2.05. The summed E-state index contributed by atoms with van der Waals surface area (Å²) in [5, 5.41) is 9.31. The zero-order valence-electron chi connectivity index (χ0n) is 9.36. The van der Waals surface area contributed by atoms with Crippen molar-refractivity contribution in [3.8, 4) is 11.1 Å². The van der Waals surface area contributed by atoms with Gasteiger partial charge < -0.3 is 5.11 Å². The van der Waals surface area contributed by atoms with Crippen LogP contribution in [0.4, 0.5) is 4.39 Å². The van der Waals surface area contributed by atoms with Gasteiger partial charge in [-0.3, -0.25) is 4.79 Å².